The van der Waals surface area contributed by atoms with Gasteiger partial charge < -0.3 is 4.74 Å². The fraction of sp³-hybridized carbons (Fsp3) is 0.143. The molecule has 0 radical (unpaired) electrons. The Kier molecular flexibility index (Phi) is 3.29. The van der Waals surface area contributed by atoms with Crippen molar-refractivity contribution in [2.75, 3.05) is 7.11 Å². The Hall–Kier alpha value is -2.14. The second-order valence-electron chi connectivity index (χ2n) is 4.15. The lowest BCUT2D eigenvalue weighted by Gasteiger charge is -2.00. The minimum Gasteiger partial charge on any atom is -0.497 e. The van der Waals surface area contributed by atoms with E-state index in [1.807, 2.05) is 24.3 Å². The van der Waals surface area contributed by atoms with Crippen molar-refractivity contribution >= 4 is 11.3 Å². The van der Waals surface area contributed by atoms with Crippen LogP contribution in [0.25, 0.3) is 11.4 Å². The maximum absolute atomic E-state index is 5.20. The molecule has 5 heteroatoms. The second-order valence-corrected chi connectivity index (χ2v) is 4.93. The molecular formula is C14H13N3OS. The summed E-state index contributed by atoms with van der Waals surface area (Å²) in [7, 11) is 1.65. The highest BCUT2D eigenvalue weighted by Gasteiger charge is 2.07. The van der Waals surface area contributed by atoms with Crippen molar-refractivity contribution in [2.24, 2.45) is 0 Å². The lowest BCUT2D eigenvalue weighted by molar-refractivity contribution is 0.415. The zero-order valence-corrected chi connectivity index (χ0v) is 11.3. The SMILES string of the molecule is COc1cccc(-c2n[nH]c(Cc3ccsc3)n2)c1. The molecule has 96 valence electrons. The number of H-pyrrole nitrogens is 1. The van der Waals surface area contributed by atoms with Crippen molar-refractivity contribution < 1.29 is 4.74 Å². The third-order valence-corrected chi connectivity index (χ3v) is 3.54. The van der Waals surface area contributed by atoms with Crippen LogP contribution >= 0.6 is 11.3 Å². The van der Waals surface area contributed by atoms with Crippen LogP contribution in [0.1, 0.15) is 11.4 Å². The molecule has 1 aromatic carbocycles. The molecular weight excluding hydrogens is 258 g/mol. The first-order valence-corrected chi connectivity index (χ1v) is 6.86. The van der Waals surface area contributed by atoms with E-state index in [1.165, 1.54) is 5.56 Å². The first-order valence-electron chi connectivity index (χ1n) is 5.92. The Balaban J connectivity index is 1.84. The van der Waals surface area contributed by atoms with Gasteiger partial charge in [0.1, 0.15) is 11.6 Å². The van der Waals surface area contributed by atoms with E-state index in [-0.39, 0.29) is 0 Å². The van der Waals surface area contributed by atoms with Crippen LogP contribution < -0.4 is 4.74 Å². The molecule has 1 N–H and O–H groups in total. The lowest BCUT2D eigenvalue weighted by Crippen LogP contribution is -1.88. The van der Waals surface area contributed by atoms with Gasteiger partial charge in [-0.2, -0.15) is 16.4 Å². The number of hydrogen-bond donors (Lipinski definition) is 1. The number of aromatic nitrogens is 3. The monoisotopic (exact) mass is 271 g/mol. The van der Waals surface area contributed by atoms with E-state index in [2.05, 4.69) is 32.0 Å². The Morgan fingerprint density at radius 1 is 1.32 bits per heavy atom. The molecule has 4 nitrogen and oxygen atoms in total. The summed E-state index contributed by atoms with van der Waals surface area (Å²) in [4.78, 5) is 4.51. The fourth-order valence-corrected chi connectivity index (χ4v) is 2.52. The van der Waals surface area contributed by atoms with E-state index in [4.69, 9.17) is 4.74 Å². The predicted molar refractivity (Wildman–Crippen MR) is 75.5 cm³/mol. The van der Waals surface area contributed by atoms with Gasteiger partial charge in [0.15, 0.2) is 5.82 Å². The summed E-state index contributed by atoms with van der Waals surface area (Å²) in [6.45, 7) is 0. The second kappa shape index (κ2) is 5.24. The van der Waals surface area contributed by atoms with Crippen LogP contribution in [-0.4, -0.2) is 22.3 Å². The van der Waals surface area contributed by atoms with Crippen molar-refractivity contribution in [3.63, 3.8) is 0 Å². The first-order chi connectivity index (χ1) is 9.35. The Morgan fingerprint density at radius 3 is 3.05 bits per heavy atom. The molecule has 0 aliphatic heterocycles. The molecule has 0 spiro atoms. The van der Waals surface area contributed by atoms with Crippen LogP contribution in [0.3, 0.4) is 0 Å². The number of nitrogens with zero attached hydrogens (tertiary/aromatic N) is 2. The van der Waals surface area contributed by atoms with Crippen molar-refractivity contribution in [3.05, 3.63) is 52.5 Å². The minimum absolute atomic E-state index is 0.698. The van der Waals surface area contributed by atoms with Gasteiger partial charge in [0.05, 0.1) is 7.11 Å². The highest BCUT2D eigenvalue weighted by Crippen LogP contribution is 2.21. The molecule has 0 fully saturated rings. The number of aromatic amines is 1. The molecule has 0 bridgehead atoms. The van der Waals surface area contributed by atoms with Gasteiger partial charge in [-0.05, 0) is 34.5 Å². The molecule has 0 unspecified atom stereocenters. The molecule has 2 aromatic heterocycles. The summed E-state index contributed by atoms with van der Waals surface area (Å²) in [5.41, 5.74) is 2.20. The molecule has 0 atom stereocenters. The summed E-state index contributed by atoms with van der Waals surface area (Å²) in [6, 6.07) is 9.83. The predicted octanol–water partition coefficient (Wildman–Crippen LogP) is 3.13. The van der Waals surface area contributed by atoms with Crippen LogP contribution in [0.15, 0.2) is 41.1 Å². The van der Waals surface area contributed by atoms with Gasteiger partial charge in [-0.25, -0.2) is 4.98 Å². The zero-order chi connectivity index (χ0) is 13.1. The van der Waals surface area contributed by atoms with Crippen LogP contribution in [-0.2, 0) is 6.42 Å². The molecule has 0 aliphatic carbocycles. The molecule has 0 amide bonds. The highest BCUT2D eigenvalue weighted by atomic mass is 32.1. The Bertz CT molecular complexity index is 661. The number of rotatable bonds is 4. The van der Waals surface area contributed by atoms with E-state index in [0.29, 0.717) is 5.82 Å². The van der Waals surface area contributed by atoms with E-state index in [0.717, 1.165) is 23.6 Å². The number of benzene rings is 1. The summed E-state index contributed by atoms with van der Waals surface area (Å²) in [5.74, 6) is 2.38. The number of thiophene rings is 1. The van der Waals surface area contributed by atoms with E-state index in [1.54, 1.807) is 18.4 Å². The topological polar surface area (TPSA) is 50.8 Å². The van der Waals surface area contributed by atoms with Gasteiger partial charge in [-0.1, -0.05) is 12.1 Å². The Labute approximate surface area is 115 Å². The van der Waals surface area contributed by atoms with Crippen LogP contribution in [0, 0.1) is 0 Å². The highest BCUT2D eigenvalue weighted by molar-refractivity contribution is 7.07. The standard InChI is InChI=1S/C14H13N3OS/c1-18-12-4-2-3-11(8-12)14-15-13(16-17-14)7-10-5-6-19-9-10/h2-6,8-9H,7H2,1H3,(H,15,16,17). The Morgan fingerprint density at radius 2 is 2.26 bits per heavy atom. The largest absolute Gasteiger partial charge is 0.497 e. The molecule has 19 heavy (non-hydrogen) atoms. The average molecular weight is 271 g/mol. The van der Waals surface area contributed by atoms with Gasteiger partial charge in [0.2, 0.25) is 0 Å². The molecule has 0 saturated heterocycles. The smallest absolute Gasteiger partial charge is 0.181 e. The number of methoxy groups -OCH3 is 1. The van der Waals surface area contributed by atoms with Gasteiger partial charge in [-0.3, -0.25) is 5.10 Å². The van der Waals surface area contributed by atoms with Gasteiger partial charge in [0.25, 0.3) is 0 Å². The van der Waals surface area contributed by atoms with Crippen LogP contribution in [0.4, 0.5) is 0 Å². The molecule has 3 aromatic rings. The molecule has 0 saturated carbocycles. The van der Waals surface area contributed by atoms with E-state index >= 15 is 0 Å². The molecule has 3 rings (SSSR count). The number of ether oxygens (including phenoxy) is 1. The summed E-state index contributed by atoms with van der Waals surface area (Å²) in [6.07, 6.45) is 0.778. The quantitative estimate of drug-likeness (QED) is 0.793. The van der Waals surface area contributed by atoms with Gasteiger partial charge in [-0.15, -0.1) is 0 Å². The van der Waals surface area contributed by atoms with Crippen molar-refractivity contribution in [1.82, 2.24) is 15.2 Å². The summed E-state index contributed by atoms with van der Waals surface area (Å²) < 4.78 is 5.20. The van der Waals surface area contributed by atoms with Gasteiger partial charge in [0, 0.05) is 12.0 Å². The normalized spacial score (nSPS) is 10.6. The summed E-state index contributed by atoms with van der Waals surface area (Å²) >= 11 is 1.69. The maximum atomic E-state index is 5.20. The van der Waals surface area contributed by atoms with Crippen molar-refractivity contribution in [2.45, 2.75) is 6.42 Å². The van der Waals surface area contributed by atoms with Crippen molar-refractivity contribution in [1.29, 1.82) is 0 Å². The molecule has 0 aliphatic rings. The van der Waals surface area contributed by atoms with Gasteiger partial charge >= 0.3 is 0 Å². The van der Waals surface area contributed by atoms with E-state index < -0.39 is 0 Å². The first kappa shape index (κ1) is 11.9. The molecule has 2 heterocycles. The minimum atomic E-state index is 0.698. The average Bonchev–Trinajstić information content (AvgIpc) is 3.11. The third-order valence-electron chi connectivity index (χ3n) is 2.81. The fourth-order valence-electron chi connectivity index (χ4n) is 1.85. The van der Waals surface area contributed by atoms with Crippen molar-refractivity contribution in [3.8, 4) is 17.1 Å². The van der Waals surface area contributed by atoms with Crippen LogP contribution in [0.5, 0.6) is 5.75 Å². The summed E-state index contributed by atoms with van der Waals surface area (Å²) in [5, 5.41) is 11.4. The zero-order valence-electron chi connectivity index (χ0n) is 10.5. The third kappa shape index (κ3) is 2.66. The van der Waals surface area contributed by atoms with E-state index in [9.17, 15) is 0 Å². The number of hydrogen-bond acceptors (Lipinski definition) is 4. The lowest BCUT2D eigenvalue weighted by atomic mass is 10.2. The van der Waals surface area contributed by atoms with Crippen LogP contribution in [0.2, 0.25) is 0 Å². The number of nitrogens with one attached hydrogen (secondary N) is 1. The maximum Gasteiger partial charge on any atom is 0.181 e.